The highest BCUT2D eigenvalue weighted by atomic mass is 15.0. The van der Waals surface area contributed by atoms with Crippen molar-refractivity contribution in [2.24, 2.45) is 0 Å². The van der Waals surface area contributed by atoms with E-state index < -0.39 is 0 Å². The molecule has 0 saturated heterocycles. The molecule has 10 aromatic carbocycles. The van der Waals surface area contributed by atoms with E-state index in [-0.39, 0.29) is 0 Å². The number of para-hydroxylation sites is 1. The summed E-state index contributed by atoms with van der Waals surface area (Å²) in [6.07, 6.45) is 0. The van der Waals surface area contributed by atoms with Gasteiger partial charge in [0.1, 0.15) is 0 Å². The molecule has 0 N–H and O–H groups in total. The molecule has 0 bridgehead atoms. The summed E-state index contributed by atoms with van der Waals surface area (Å²) in [5, 5.41) is 2.39. The molecule has 12 aromatic rings. The van der Waals surface area contributed by atoms with Crippen molar-refractivity contribution in [3.8, 4) is 95.5 Å². The molecular weight excluding hydrogens is 813 g/mol. The SMILES string of the molecule is c1ccc(-c2ccc(-c3nc(-c4ccc(-c5ccccc5)cc4)nc(-c4cc(-c5ccccc5)c(-n5c6ccccc6c6cc(-c7ccccc7)ccc65)c(-c5ccccc5)c4)n3)cc2)cc1. The highest BCUT2D eigenvalue weighted by Gasteiger charge is 2.23. The lowest BCUT2D eigenvalue weighted by Gasteiger charge is -2.21. The van der Waals surface area contributed by atoms with Gasteiger partial charge in [0.15, 0.2) is 17.5 Å². The van der Waals surface area contributed by atoms with Gasteiger partial charge in [-0.3, -0.25) is 0 Å². The molecule has 2 heterocycles. The van der Waals surface area contributed by atoms with Gasteiger partial charge in [0.25, 0.3) is 0 Å². The summed E-state index contributed by atoms with van der Waals surface area (Å²) >= 11 is 0. The fraction of sp³-hybridized carbons (Fsp3) is 0. The monoisotopic (exact) mass is 854 g/mol. The molecule has 0 radical (unpaired) electrons. The maximum atomic E-state index is 5.34. The number of benzene rings is 10. The molecule has 4 heteroatoms. The standard InChI is InChI=1S/C63H42N4/c1-6-18-43(19-7-1)46-30-34-50(35-31-46)61-64-62(51-36-32-47(33-37-51)44-20-8-2-9-21-44)66-63(65-61)53-41-55(48-24-12-4-13-25-48)60(56(42-53)49-26-14-5-15-27-49)67-58-29-17-16-28-54(58)57-40-52(38-39-59(57)67)45-22-10-3-11-23-45/h1-42H. The summed E-state index contributed by atoms with van der Waals surface area (Å²) in [6.45, 7) is 0. The summed E-state index contributed by atoms with van der Waals surface area (Å²) in [7, 11) is 0. The third-order valence-electron chi connectivity index (χ3n) is 12.7. The Balaban J connectivity index is 1.10. The lowest BCUT2D eigenvalue weighted by atomic mass is 9.92. The first kappa shape index (κ1) is 39.6. The van der Waals surface area contributed by atoms with Gasteiger partial charge < -0.3 is 4.57 Å². The second-order valence-electron chi connectivity index (χ2n) is 16.8. The Morgan fingerprint density at radius 1 is 0.224 bits per heavy atom. The van der Waals surface area contributed by atoms with Crippen molar-refractivity contribution in [1.82, 2.24) is 19.5 Å². The first-order chi connectivity index (χ1) is 33.2. The van der Waals surface area contributed by atoms with Gasteiger partial charge in [0.2, 0.25) is 0 Å². The largest absolute Gasteiger partial charge is 0.308 e. The van der Waals surface area contributed by atoms with Crippen LogP contribution in [0.3, 0.4) is 0 Å². The molecule has 0 aliphatic rings. The molecular formula is C63H42N4. The molecule has 0 aliphatic heterocycles. The molecule has 0 atom stereocenters. The van der Waals surface area contributed by atoms with E-state index in [0.29, 0.717) is 17.5 Å². The van der Waals surface area contributed by atoms with Gasteiger partial charge in [-0.05, 0) is 74.8 Å². The summed E-state index contributed by atoms with van der Waals surface area (Å²) in [5.74, 6) is 1.81. The van der Waals surface area contributed by atoms with Gasteiger partial charge in [-0.2, -0.15) is 0 Å². The molecule has 4 nitrogen and oxygen atoms in total. The smallest absolute Gasteiger partial charge is 0.164 e. The molecule has 0 unspecified atom stereocenters. The van der Waals surface area contributed by atoms with Crippen molar-refractivity contribution in [3.63, 3.8) is 0 Å². The first-order valence-corrected chi connectivity index (χ1v) is 22.7. The molecule has 0 saturated carbocycles. The van der Waals surface area contributed by atoms with E-state index in [0.717, 1.165) is 77.9 Å². The number of hydrogen-bond acceptors (Lipinski definition) is 3. The molecule has 0 spiro atoms. The van der Waals surface area contributed by atoms with Gasteiger partial charge in [-0.1, -0.05) is 224 Å². The highest BCUT2D eigenvalue weighted by Crippen LogP contribution is 2.44. The molecule has 0 aliphatic carbocycles. The van der Waals surface area contributed by atoms with Crippen LogP contribution in [0.1, 0.15) is 0 Å². The predicted molar refractivity (Wildman–Crippen MR) is 278 cm³/mol. The maximum absolute atomic E-state index is 5.34. The molecule has 0 fully saturated rings. The second kappa shape index (κ2) is 17.2. The van der Waals surface area contributed by atoms with Crippen LogP contribution in [0.4, 0.5) is 0 Å². The van der Waals surface area contributed by atoms with E-state index >= 15 is 0 Å². The second-order valence-corrected chi connectivity index (χ2v) is 16.8. The van der Waals surface area contributed by atoms with Gasteiger partial charge in [0.05, 0.1) is 16.7 Å². The number of rotatable bonds is 9. The lowest BCUT2D eigenvalue weighted by Crippen LogP contribution is -2.04. The topological polar surface area (TPSA) is 43.6 Å². The Morgan fingerprint density at radius 3 is 1.01 bits per heavy atom. The third-order valence-corrected chi connectivity index (χ3v) is 12.7. The predicted octanol–water partition coefficient (Wildman–Crippen LogP) is 16.3. The van der Waals surface area contributed by atoms with Crippen molar-refractivity contribution in [2.45, 2.75) is 0 Å². The Bertz CT molecular complexity index is 3520. The van der Waals surface area contributed by atoms with Crippen molar-refractivity contribution in [1.29, 1.82) is 0 Å². The summed E-state index contributed by atoms with van der Waals surface area (Å²) in [6, 6.07) is 90.2. The first-order valence-electron chi connectivity index (χ1n) is 22.7. The van der Waals surface area contributed by atoms with E-state index in [2.05, 4.69) is 247 Å². The van der Waals surface area contributed by atoms with Crippen LogP contribution in [-0.4, -0.2) is 19.5 Å². The number of nitrogens with zero attached hydrogens (tertiary/aromatic N) is 4. The summed E-state index contributed by atoms with van der Waals surface area (Å²) in [5.41, 5.74) is 17.3. The fourth-order valence-electron chi connectivity index (χ4n) is 9.35. The molecule has 314 valence electrons. The zero-order chi connectivity index (χ0) is 44.5. The molecule has 67 heavy (non-hydrogen) atoms. The Hall–Kier alpha value is -8.99. The lowest BCUT2D eigenvalue weighted by molar-refractivity contribution is 1.07. The highest BCUT2D eigenvalue weighted by molar-refractivity contribution is 6.12. The minimum atomic E-state index is 0.593. The Morgan fingerprint density at radius 2 is 0.552 bits per heavy atom. The zero-order valence-electron chi connectivity index (χ0n) is 36.5. The van der Waals surface area contributed by atoms with E-state index in [1.165, 1.54) is 21.9 Å². The van der Waals surface area contributed by atoms with Crippen molar-refractivity contribution >= 4 is 21.8 Å². The van der Waals surface area contributed by atoms with Crippen molar-refractivity contribution in [2.75, 3.05) is 0 Å². The maximum Gasteiger partial charge on any atom is 0.164 e. The van der Waals surface area contributed by atoms with Crippen molar-refractivity contribution in [3.05, 3.63) is 255 Å². The number of fused-ring (bicyclic) bond motifs is 3. The van der Waals surface area contributed by atoms with E-state index in [1.54, 1.807) is 0 Å². The Labute approximate surface area is 389 Å². The minimum Gasteiger partial charge on any atom is -0.308 e. The summed E-state index contributed by atoms with van der Waals surface area (Å²) in [4.78, 5) is 15.9. The van der Waals surface area contributed by atoms with Crippen LogP contribution in [-0.2, 0) is 0 Å². The van der Waals surface area contributed by atoms with Gasteiger partial charge >= 0.3 is 0 Å². The normalized spacial score (nSPS) is 11.3. The Kier molecular flexibility index (Phi) is 10.2. The quantitative estimate of drug-likeness (QED) is 0.145. The van der Waals surface area contributed by atoms with Gasteiger partial charge in [-0.25, -0.2) is 15.0 Å². The molecule has 0 amide bonds. The minimum absolute atomic E-state index is 0.593. The summed E-state index contributed by atoms with van der Waals surface area (Å²) < 4.78 is 2.46. The van der Waals surface area contributed by atoms with Crippen LogP contribution in [0.15, 0.2) is 255 Å². The van der Waals surface area contributed by atoms with Gasteiger partial charge in [-0.15, -0.1) is 0 Å². The van der Waals surface area contributed by atoms with Crippen LogP contribution < -0.4 is 0 Å². The zero-order valence-corrected chi connectivity index (χ0v) is 36.5. The third kappa shape index (κ3) is 7.57. The fourth-order valence-corrected chi connectivity index (χ4v) is 9.35. The number of hydrogen-bond donors (Lipinski definition) is 0. The average Bonchev–Trinajstić information content (AvgIpc) is 3.75. The van der Waals surface area contributed by atoms with Crippen LogP contribution in [0, 0.1) is 0 Å². The molecule has 12 rings (SSSR count). The average molecular weight is 855 g/mol. The van der Waals surface area contributed by atoms with Crippen LogP contribution >= 0.6 is 0 Å². The van der Waals surface area contributed by atoms with Crippen LogP contribution in [0.25, 0.3) is 117 Å². The number of aromatic nitrogens is 4. The van der Waals surface area contributed by atoms with Crippen molar-refractivity contribution < 1.29 is 0 Å². The van der Waals surface area contributed by atoms with Crippen LogP contribution in [0.2, 0.25) is 0 Å². The molecule has 2 aromatic heterocycles. The van der Waals surface area contributed by atoms with Gasteiger partial charge in [0, 0.05) is 38.6 Å². The van der Waals surface area contributed by atoms with E-state index in [9.17, 15) is 0 Å². The van der Waals surface area contributed by atoms with E-state index in [4.69, 9.17) is 15.0 Å². The van der Waals surface area contributed by atoms with E-state index in [1.807, 2.05) is 12.1 Å². The van der Waals surface area contributed by atoms with Crippen LogP contribution in [0.5, 0.6) is 0 Å².